The fourth-order valence-corrected chi connectivity index (χ4v) is 0.399. The summed E-state index contributed by atoms with van der Waals surface area (Å²) in [5, 5.41) is 18.3. The molecule has 0 radical (unpaired) electrons. The Labute approximate surface area is 53.1 Å². The first kappa shape index (κ1) is 7.76. The van der Waals surface area contributed by atoms with Gasteiger partial charge in [0.15, 0.2) is 0 Å². The standard InChI is InChI=1S/C5H8N2O2/c1-4(2-3-6)7-5(8)9/h4,7H,2H2,1H3,(H,8,9). The average molecular weight is 128 g/mol. The maximum Gasteiger partial charge on any atom is 0.404 e. The van der Waals surface area contributed by atoms with Crippen molar-refractivity contribution in [1.29, 1.82) is 5.26 Å². The Morgan fingerprint density at radius 3 is 2.89 bits per heavy atom. The van der Waals surface area contributed by atoms with Crippen LogP contribution in [0.5, 0.6) is 0 Å². The van der Waals surface area contributed by atoms with Gasteiger partial charge in [-0.05, 0) is 6.92 Å². The second-order valence-electron chi connectivity index (χ2n) is 1.71. The molecule has 0 spiro atoms. The van der Waals surface area contributed by atoms with Crippen molar-refractivity contribution in [1.82, 2.24) is 5.32 Å². The molecule has 0 aromatic heterocycles. The van der Waals surface area contributed by atoms with Gasteiger partial charge in [-0.2, -0.15) is 5.26 Å². The number of hydrogen-bond acceptors (Lipinski definition) is 2. The van der Waals surface area contributed by atoms with Gasteiger partial charge in [0.25, 0.3) is 0 Å². The highest BCUT2D eigenvalue weighted by molar-refractivity contribution is 5.64. The summed E-state index contributed by atoms with van der Waals surface area (Å²) in [5.74, 6) is 0. The largest absolute Gasteiger partial charge is 0.465 e. The molecule has 4 heteroatoms. The van der Waals surface area contributed by atoms with Crippen LogP contribution in [0.4, 0.5) is 4.79 Å². The summed E-state index contributed by atoms with van der Waals surface area (Å²) in [5.41, 5.74) is 0. The van der Waals surface area contributed by atoms with Gasteiger partial charge in [0.05, 0.1) is 12.5 Å². The monoisotopic (exact) mass is 128 g/mol. The first-order valence-electron chi connectivity index (χ1n) is 2.53. The van der Waals surface area contributed by atoms with E-state index in [0.29, 0.717) is 0 Å². The van der Waals surface area contributed by atoms with Crippen molar-refractivity contribution in [3.05, 3.63) is 0 Å². The van der Waals surface area contributed by atoms with Gasteiger partial charge in [0.1, 0.15) is 0 Å². The maximum absolute atomic E-state index is 9.86. The zero-order chi connectivity index (χ0) is 7.28. The highest BCUT2D eigenvalue weighted by Crippen LogP contribution is 1.85. The Morgan fingerprint density at radius 1 is 2.00 bits per heavy atom. The van der Waals surface area contributed by atoms with Crippen molar-refractivity contribution >= 4 is 6.09 Å². The van der Waals surface area contributed by atoms with Gasteiger partial charge >= 0.3 is 6.09 Å². The highest BCUT2D eigenvalue weighted by atomic mass is 16.4. The van der Waals surface area contributed by atoms with Gasteiger partial charge in [0.2, 0.25) is 0 Å². The number of nitrogens with zero attached hydrogens (tertiary/aromatic N) is 1. The molecule has 0 fully saturated rings. The number of nitrogens with one attached hydrogen (secondary N) is 1. The van der Waals surface area contributed by atoms with Crippen LogP contribution in [0.2, 0.25) is 0 Å². The van der Waals surface area contributed by atoms with E-state index in [-0.39, 0.29) is 12.5 Å². The van der Waals surface area contributed by atoms with Crippen LogP contribution in [-0.4, -0.2) is 17.2 Å². The SMILES string of the molecule is CC(CC#N)NC(=O)O. The fourth-order valence-electron chi connectivity index (χ4n) is 0.399. The van der Waals surface area contributed by atoms with Crippen LogP contribution in [0.1, 0.15) is 13.3 Å². The summed E-state index contributed by atoms with van der Waals surface area (Å²) in [4.78, 5) is 9.86. The molecular formula is C5H8N2O2. The molecule has 0 aromatic rings. The molecule has 4 nitrogen and oxygen atoms in total. The molecule has 1 atom stereocenters. The van der Waals surface area contributed by atoms with Crippen molar-refractivity contribution in [2.24, 2.45) is 0 Å². The first-order valence-corrected chi connectivity index (χ1v) is 2.53. The number of carbonyl (C=O) groups is 1. The molecule has 2 N–H and O–H groups in total. The van der Waals surface area contributed by atoms with E-state index in [1.807, 2.05) is 6.07 Å². The van der Waals surface area contributed by atoms with E-state index >= 15 is 0 Å². The summed E-state index contributed by atoms with van der Waals surface area (Å²) >= 11 is 0. The Balaban J connectivity index is 3.40. The number of hydrogen-bond donors (Lipinski definition) is 2. The first-order chi connectivity index (χ1) is 4.16. The molecule has 0 aliphatic carbocycles. The summed E-state index contributed by atoms with van der Waals surface area (Å²) in [6.45, 7) is 1.64. The Bertz CT molecular complexity index is 138. The second-order valence-corrected chi connectivity index (χ2v) is 1.71. The zero-order valence-corrected chi connectivity index (χ0v) is 5.09. The minimum atomic E-state index is -1.09. The van der Waals surface area contributed by atoms with Gasteiger partial charge in [-0.25, -0.2) is 4.79 Å². The third-order valence-electron chi connectivity index (χ3n) is 0.767. The van der Waals surface area contributed by atoms with Crippen LogP contribution in [0.3, 0.4) is 0 Å². The smallest absolute Gasteiger partial charge is 0.404 e. The van der Waals surface area contributed by atoms with E-state index in [1.54, 1.807) is 6.92 Å². The van der Waals surface area contributed by atoms with Crippen LogP contribution < -0.4 is 5.32 Å². The molecule has 0 heterocycles. The molecule has 0 aliphatic rings. The minimum absolute atomic E-state index is 0.215. The van der Waals surface area contributed by atoms with Gasteiger partial charge < -0.3 is 10.4 Å². The summed E-state index contributed by atoms with van der Waals surface area (Å²) < 4.78 is 0. The minimum Gasteiger partial charge on any atom is -0.465 e. The molecular weight excluding hydrogens is 120 g/mol. The fraction of sp³-hybridized carbons (Fsp3) is 0.600. The molecule has 9 heavy (non-hydrogen) atoms. The van der Waals surface area contributed by atoms with Gasteiger partial charge in [-0.15, -0.1) is 0 Å². The van der Waals surface area contributed by atoms with Crippen LogP contribution in [-0.2, 0) is 0 Å². The van der Waals surface area contributed by atoms with E-state index in [0.717, 1.165) is 0 Å². The molecule has 0 aromatic carbocycles. The lowest BCUT2D eigenvalue weighted by atomic mass is 10.3. The van der Waals surface area contributed by atoms with Crippen LogP contribution in [0, 0.1) is 11.3 Å². The quantitative estimate of drug-likeness (QED) is 0.570. The van der Waals surface area contributed by atoms with Crippen molar-refractivity contribution in [3.8, 4) is 6.07 Å². The van der Waals surface area contributed by atoms with Gasteiger partial charge in [-0.3, -0.25) is 0 Å². The topological polar surface area (TPSA) is 73.1 Å². The summed E-state index contributed by atoms with van der Waals surface area (Å²) in [7, 11) is 0. The van der Waals surface area contributed by atoms with Gasteiger partial charge in [-0.1, -0.05) is 0 Å². The molecule has 0 saturated heterocycles. The Morgan fingerprint density at radius 2 is 2.56 bits per heavy atom. The van der Waals surface area contributed by atoms with Crippen molar-refractivity contribution in [2.75, 3.05) is 0 Å². The number of nitriles is 1. The van der Waals surface area contributed by atoms with Crippen molar-refractivity contribution in [2.45, 2.75) is 19.4 Å². The molecule has 50 valence electrons. The molecule has 0 rings (SSSR count). The third kappa shape index (κ3) is 4.62. The maximum atomic E-state index is 9.86. The van der Waals surface area contributed by atoms with Crippen LogP contribution >= 0.6 is 0 Å². The number of amides is 1. The molecule has 0 saturated carbocycles. The summed E-state index contributed by atoms with van der Waals surface area (Å²) in [6, 6.07) is 1.58. The van der Waals surface area contributed by atoms with E-state index in [4.69, 9.17) is 10.4 Å². The van der Waals surface area contributed by atoms with Gasteiger partial charge in [0, 0.05) is 6.04 Å². The number of carboxylic acid groups (broad SMARTS) is 1. The molecule has 0 bridgehead atoms. The van der Waals surface area contributed by atoms with Crippen LogP contribution in [0.25, 0.3) is 0 Å². The van der Waals surface area contributed by atoms with Crippen LogP contribution in [0.15, 0.2) is 0 Å². The average Bonchev–Trinajstić information content (AvgIpc) is 1.63. The number of rotatable bonds is 2. The Kier molecular flexibility index (Phi) is 3.21. The predicted molar refractivity (Wildman–Crippen MR) is 30.9 cm³/mol. The molecule has 1 unspecified atom stereocenters. The lowest BCUT2D eigenvalue weighted by Crippen LogP contribution is -2.30. The molecule has 1 amide bonds. The lowest BCUT2D eigenvalue weighted by Gasteiger charge is -2.04. The van der Waals surface area contributed by atoms with E-state index in [1.165, 1.54) is 0 Å². The molecule has 0 aliphatic heterocycles. The van der Waals surface area contributed by atoms with E-state index in [2.05, 4.69) is 5.32 Å². The predicted octanol–water partition coefficient (Wildman–Crippen LogP) is 0.556. The third-order valence-corrected chi connectivity index (χ3v) is 0.767. The zero-order valence-electron chi connectivity index (χ0n) is 5.09. The lowest BCUT2D eigenvalue weighted by molar-refractivity contribution is 0.191. The highest BCUT2D eigenvalue weighted by Gasteiger charge is 2.01. The second kappa shape index (κ2) is 3.72. The van der Waals surface area contributed by atoms with Crippen molar-refractivity contribution in [3.63, 3.8) is 0 Å². The summed E-state index contributed by atoms with van der Waals surface area (Å²) in [6.07, 6.45) is -0.871. The van der Waals surface area contributed by atoms with Crippen molar-refractivity contribution < 1.29 is 9.90 Å². The van der Waals surface area contributed by atoms with E-state index < -0.39 is 6.09 Å². The Hall–Kier alpha value is -1.24. The normalized spacial score (nSPS) is 11.6. The van der Waals surface area contributed by atoms with E-state index in [9.17, 15) is 4.79 Å².